The van der Waals surface area contributed by atoms with Crippen LogP contribution in [0.25, 0.3) is 0 Å². The molecule has 0 fully saturated rings. The lowest BCUT2D eigenvalue weighted by Gasteiger charge is -2.38. The van der Waals surface area contributed by atoms with Crippen LogP contribution in [0.5, 0.6) is 0 Å². The number of pyridine rings is 1. The van der Waals surface area contributed by atoms with Crippen LogP contribution in [0, 0.1) is 11.8 Å². The molecule has 1 heterocycles. The molecule has 1 unspecified atom stereocenters. The molecule has 0 aliphatic carbocycles. The van der Waals surface area contributed by atoms with Gasteiger partial charge in [0.05, 0.1) is 0 Å². The largest absolute Gasteiger partial charge is 0.265 e. The van der Waals surface area contributed by atoms with E-state index in [2.05, 4.69) is 54.1 Å². The Balaban J connectivity index is 2.85. The van der Waals surface area contributed by atoms with Crippen LogP contribution in [-0.4, -0.2) is 10.1 Å². The molecular weight excluding hydrogens is 201 g/mol. The molecule has 15 heavy (non-hydrogen) atoms. The van der Waals surface area contributed by atoms with Crippen molar-refractivity contribution in [3.63, 3.8) is 0 Å². The van der Waals surface area contributed by atoms with E-state index in [0.717, 1.165) is 6.42 Å². The lowest BCUT2D eigenvalue weighted by atomic mass is 9.80. The van der Waals surface area contributed by atoms with Crippen LogP contribution in [-0.2, 0) is 6.42 Å². The van der Waals surface area contributed by atoms with Crippen LogP contribution in [0.2, 0.25) is 0 Å². The predicted molar refractivity (Wildman–Crippen MR) is 70.1 cm³/mol. The third-order valence-electron chi connectivity index (χ3n) is 3.41. The zero-order valence-electron chi connectivity index (χ0n) is 10.2. The van der Waals surface area contributed by atoms with E-state index < -0.39 is 0 Å². The monoisotopic (exact) mass is 223 g/mol. The topological polar surface area (TPSA) is 12.9 Å². The van der Waals surface area contributed by atoms with E-state index >= 15 is 0 Å². The molecule has 0 amide bonds. The van der Waals surface area contributed by atoms with Crippen LogP contribution in [0.3, 0.4) is 0 Å². The SMILES string of the molecule is CC(C)C(P)(Cc1ccncc1)C(C)C. The van der Waals surface area contributed by atoms with Crippen molar-refractivity contribution in [3.05, 3.63) is 30.1 Å². The van der Waals surface area contributed by atoms with E-state index in [4.69, 9.17) is 0 Å². The summed E-state index contributed by atoms with van der Waals surface area (Å²) in [6, 6.07) is 4.23. The fraction of sp³-hybridized carbons (Fsp3) is 0.615. The molecule has 1 aromatic heterocycles. The molecule has 0 saturated heterocycles. The molecule has 0 aliphatic heterocycles. The fourth-order valence-corrected chi connectivity index (χ4v) is 2.16. The highest BCUT2D eigenvalue weighted by Gasteiger charge is 2.32. The van der Waals surface area contributed by atoms with Gasteiger partial charge in [-0.15, -0.1) is 9.24 Å². The molecule has 0 bridgehead atoms. The Morgan fingerprint density at radius 1 is 1.13 bits per heavy atom. The lowest BCUT2D eigenvalue weighted by molar-refractivity contribution is 0.331. The standard InChI is InChI=1S/C13H22NP/c1-10(2)13(15,11(3)4)9-12-5-7-14-8-6-12/h5-8,10-11H,9,15H2,1-4H3. The minimum atomic E-state index is 0.293. The van der Waals surface area contributed by atoms with Gasteiger partial charge in [0.1, 0.15) is 0 Å². The maximum atomic E-state index is 4.06. The molecule has 1 atom stereocenters. The van der Waals surface area contributed by atoms with Gasteiger partial charge in [-0.05, 0) is 41.1 Å². The smallest absolute Gasteiger partial charge is 0.0270 e. The highest BCUT2D eigenvalue weighted by Crippen LogP contribution is 2.38. The average Bonchev–Trinajstić information content (AvgIpc) is 2.18. The second-order valence-corrected chi connectivity index (χ2v) is 6.03. The van der Waals surface area contributed by atoms with Gasteiger partial charge in [0, 0.05) is 12.4 Å². The van der Waals surface area contributed by atoms with Crippen molar-refractivity contribution in [2.24, 2.45) is 11.8 Å². The minimum absolute atomic E-state index is 0.293. The number of aromatic nitrogens is 1. The van der Waals surface area contributed by atoms with Crippen molar-refractivity contribution in [2.45, 2.75) is 39.3 Å². The molecule has 1 nitrogen and oxygen atoms in total. The first-order chi connectivity index (χ1) is 6.97. The Morgan fingerprint density at radius 2 is 1.60 bits per heavy atom. The second-order valence-electron chi connectivity index (χ2n) is 4.95. The highest BCUT2D eigenvalue weighted by molar-refractivity contribution is 7.19. The average molecular weight is 223 g/mol. The number of hydrogen-bond acceptors (Lipinski definition) is 1. The van der Waals surface area contributed by atoms with Gasteiger partial charge in [0.15, 0.2) is 0 Å². The normalized spacial score (nSPS) is 12.5. The van der Waals surface area contributed by atoms with Crippen molar-refractivity contribution >= 4 is 9.24 Å². The molecule has 0 aliphatic rings. The minimum Gasteiger partial charge on any atom is -0.265 e. The molecule has 0 saturated carbocycles. The van der Waals surface area contributed by atoms with Gasteiger partial charge in [-0.25, -0.2) is 0 Å². The van der Waals surface area contributed by atoms with Gasteiger partial charge in [-0.2, -0.15) is 0 Å². The van der Waals surface area contributed by atoms with Gasteiger partial charge in [0.25, 0.3) is 0 Å². The maximum Gasteiger partial charge on any atom is 0.0270 e. The number of rotatable bonds is 4. The second kappa shape index (κ2) is 5.07. The van der Waals surface area contributed by atoms with Gasteiger partial charge in [-0.1, -0.05) is 27.7 Å². The van der Waals surface area contributed by atoms with E-state index in [-0.39, 0.29) is 0 Å². The molecule has 0 aromatic carbocycles. The molecule has 84 valence electrons. The van der Waals surface area contributed by atoms with Crippen LogP contribution in [0.15, 0.2) is 24.5 Å². The van der Waals surface area contributed by atoms with Gasteiger partial charge in [-0.3, -0.25) is 4.98 Å². The molecule has 0 spiro atoms. The van der Waals surface area contributed by atoms with Crippen molar-refractivity contribution in [1.82, 2.24) is 4.98 Å². The summed E-state index contributed by atoms with van der Waals surface area (Å²) in [6.45, 7) is 9.20. The lowest BCUT2D eigenvalue weighted by Crippen LogP contribution is -2.36. The first-order valence-electron chi connectivity index (χ1n) is 5.64. The van der Waals surface area contributed by atoms with E-state index in [9.17, 15) is 0 Å². The summed E-state index contributed by atoms with van der Waals surface area (Å²) in [5.41, 5.74) is 1.38. The molecule has 2 heteroatoms. The summed E-state index contributed by atoms with van der Waals surface area (Å²) in [5.74, 6) is 1.33. The molecule has 0 radical (unpaired) electrons. The van der Waals surface area contributed by atoms with Crippen LogP contribution >= 0.6 is 9.24 Å². The van der Waals surface area contributed by atoms with E-state index in [1.165, 1.54) is 5.56 Å². The zero-order valence-corrected chi connectivity index (χ0v) is 11.4. The van der Waals surface area contributed by atoms with E-state index in [1.807, 2.05) is 12.4 Å². The molecule has 0 N–H and O–H groups in total. The maximum absolute atomic E-state index is 4.06. The summed E-state index contributed by atoms with van der Waals surface area (Å²) in [5, 5.41) is 0.293. The molecule has 1 rings (SSSR count). The van der Waals surface area contributed by atoms with Crippen LogP contribution in [0.4, 0.5) is 0 Å². The van der Waals surface area contributed by atoms with E-state index in [0.29, 0.717) is 17.0 Å². The Bertz CT molecular complexity index is 285. The van der Waals surface area contributed by atoms with Crippen molar-refractivity contribution in [3.8, 4) is 0 Å². The Labute approximate surface area is 95.9 Å². The molecular formula is C13H22NP. The van der Waals surface area contributed by atoms with Crippen molar-refractivity contribution < 1.29 is 0 Å². The summed E-state index contributed by atoms with van der Waals surface area (Å²) in [4.78, 5) is 4.06. The molecule has 1 aromatic rings. The Kier molecular flexibility index (Phi) is 4.28. The van der Waals surface area contributed by atoms with Crippen LogP contribution < -0.4 is 0 Å². The zero-order chi connectivity index (χ0) is 11.5. The van der Waals surface area contributed by atoms with Gasteiger partial charge in [0.2, 0.25) is 0 Å². The van der Waals surface area contributed by atoms with Crippen molar-refractivity contribution in [2.75, 3.05) is 0 Å². The highest BCUT2D eigenvalue weighted by atomic mass is 31.0. The quantitative estimate of drug-likeness (QED) is 0.711. The van der Waals surface area contributed by atoms with E-state index in [1.54, 1.807) is 0 Å². The van der Waals surface area contributed by atoms with Crippen molar-refractivity contribution in [1.29, 1.82) is 0 Å². The number of hydrogen-bond donors (Lipinski definition) is 0. The number of nitrogens with zero attached hydrogens (tertiary/aromatic N) is 1. The summed E-state index contributed by atoms with van der Waals surface area (Å²) >= 11 is 0. The third-order valence-corrected chi connectivity index (χ3v) is 4.95. The summed E-state index contributed by atoms with van der Waals surface area (Å²) in [7, 11) is 3.08. The summed E-state index contributed by atoms with van der Waals surface area (Å²) in [6.07, 6.45) is 4.86. The first-order valence-corrected chi connectivity index (χ1v) is 6.22. The van der Waals surface area contributed by atoms with Gasteiger partial charge < -0.3 is 0 Å². The summed E-state index contributed by atoms with van der Waals surface area (Å²) < 4.78 is 0. The predicted octanol–water partition coefficient (Wildman–Crippen LogP) is 3.55. The fourth-order valence-electron chi connectivity index (χ4n) is 1.93. The third kappa shape index (κ3) is 3.01. The Hall–Kier alpha value is -0.420. The Morgan fingerprint density at radius 3 is 2.00 bits per heavy atom. The van der Waals surface area contributed by atoms with Crippen LogP contribution in [0.1, 0.15) is 33.3 Å². The first kappa shape index (κ1) is 12.6. The van der Waals surface area contributed by atoms with Gasteiger partial charge >= 0.3 is 0 Å².